The summed E-state index contributed by atoms with van der Waals surface area (Å²) < 4.78 is 0. The van der Waals surface area contributed by atoms with E-state index in [1.54, 1.807) is 0 Å². The summed E-state index contributed by atoms with van der Waals surface area (Å²) in [6.07, 6.45) is 5.81. The third-order valence-electron chi connectivity index (χ3n) is 4.09. The number of anilines is 2. The summed E-state index contributed by atoms with van der Waals surface area (Å²) in [5, 5.41) is 4.14. The molecule has 0 spiro atoms. The van der Waals surface area contributed by atoms with Crippen molar-refractivity contribution in [1.82, 2.24) is 9.88 Å². The molecule has 2 heterocycles. The van der Waals surface area contributed by atoms with E-state index in [9.17, 15) is 4.79 Å². The van der Waals surface area contributed by atoms with Crippen LogP contribution in [0.2, 0.25) is 0 Å². The van der Waals surface area contributed by atoms with Gasteiger partial charge in [0.15, 0.2) is 5.13 Å². The molecule has 3 rings (SSSR count). The first-order valence-corrected chi connectivity index (χ1v) is 7.80. The first-order valence-electron chi connectivity index (χ1n) is 6.99. The number of thiazole rings is 1. The lowest BCUT2D eigenvalue weighted by Gasteiger charge is -2.25. The summed E-state index contributed by atoms with van der Waals surface area (Å²) in [5.74, 6) is 0.414. The Morgan fingerprint density at radius 2 is 2.21 bits per heavy atom. The number of nitrogens with zero attached hydrogens (tertiary/aromatic N) is 2. The second-order valence-electron chi connectivity index (χ2n) is 5.50. The molecule has 1 aliphatic heterocycles. The molecule has 1 saturated carbocycles. The summed E-state index contributed by atoms with van der Waals surface area (Å²) in [6, 6.07) is 0.830. The van der Waals surface area contributed by atoms with Crippen LogP contribution in [0, 0.1) is 0 Å². The van der Waals surface area contributed by atoms with Crippen LogP contribution < -0.4 is 11.1 Å². The first kappa shape index (κ1) is 12.7. The average molecular weight is 280 g/mol. The van der Waals surface area contributed by atoms with Crippen molar-refractivity contribution in [2.45, 2.75) is 51.1 Å². The van der Waals surface area contributed by atoms with Crippen LogP contribution in [0.15, 0.2) is 0 Å². The normalized spacial score (nSPS) is 23.4. The highest BCUT2D eigenvalue weighted by molar-refractivity contribution is 7.18. The molecular formula is C13H20N4OS. The molecule has 0 aromatic carbocycles. The molecule has 0 radical (unpaired) electrons. The molecule has 1 atom stereocenters. The standard InChI is InChI=1S/C13H20N4OS/c1-8-4-3-7-17(8)12(18)10-11(14)16-13(19-10)15-9-5-2-6-9/h8-9H,2-7,14H2,1H3,(H,15,16). The Labute approximate surface area is 117 Å². The van der Waals surface area contributed by atoms with Gasteiger partial charge in [0.05, 0.1) is 0 Å². The van der Waals surface area contributed by atoms with Gasteiger partial charge in [0.25, 0.3) is 5.91 Å². The highest BCUT2D eigenvalue weighted by Gasteiger charge is 2.29. The van der Waals surface area contributed by atoms with Crippen molar-refractivity contribution in [2.24, 2.45) is 0 Å². The van der Waals surface area contributed by atoms with Crippen molar-refractivity contribution in [3.8, 4) is 0 Å². The molecule has 6 heteroatoms. The molecule has 0 bridgehead atoms. The summed E-state index contributed by atoms with van der Waals surface area (Å²) in [6.45, 7) is 2.93. The van der Waals surface area contributed by atoms with Crippen molar-refractivity contribution in [1.29, 1.82) is 0 Å². The van der Waals surface area contributed by atoms with Crippen LogP contribution in [0.4, 0.5) is 10.9 Å². The van der Waals surface area contributed by atoms with E-state index in [1.807, 2.05) is 4.90 Å². The molecule has 1 aliphatic carbocycles. The second-order valence-corrected chi connectivity index (χ2v) is 6.49. The monoisotopic (exact) mass is 280 g/mol. The zero-order chi connectivity index (χ0) is 13.4. The molecular weight excluding hydrogens is 260 g/mol. The molecule has 19 heavy (non-hydrogen) atoms. The molecule has 1 aromatic heterocycles. The minimum absolute atomic E-state index is 0.0432. The Hall–Kier alpha value is -1.30. The van der Waals surface area contributed by atoms with E-state index in [2.05, 4.69) is 17.2 Å². The number of nitrogens with two attached hydrogens (primary N) is 1. The van der Waals surface area contributed by atoms with Crippen molar-refractivity contribution in [3.05, 3.63) is 4.88 Å². The number of likely N-dealkylation sites (tertiary alicyclic amines) is 1. The fraction of sp³-hybridized carbons (Fsp3) is 0.692. The van der Waals surface area contributed by atoms with Crippen LogP contribution in [-0.4, -0.2) is 34.4 Å². The van der Waals surface area contributed by atoms with E-state index in [-0.39, 0.29) is 5.91 Å². The van der Waals surface area contributed by atoms with Crippen molar-refractivity contribution >= 4 is 28.2 Å². The van der Waals surface area contributed by atoms with Gasteiger partial charge < -0.3 is 16.0 Å². The number of rotatable bonds is 3. The predicted octanol–water partition coefficient (Wildman–Crippen LogP) is 2.31. The summed E-state index contributed by atoms with van der Waals surface area (Å²) in [7, 11) is 0. The van der Waals surface area contributed by atoms with Gasteiger partial charge in [-0.1, -0.05) is 11.3 Å². The van der Waals surface area contributed by atoms with Crippen LogP contribution in [0.25, 0.3) is 0 Å². The SMILES string of the molecule is CC1CCCN1C(=O)c1sc(NC2CCC2)nc1N. The van der Waals surface area contributed by atoms with Crippen LogP contribution >= 0.6 is 11.3 Å². The minimum Gasteiger partial charge on any atom is -0.382 e. The van der Waals surface area contributed by atoms with E-state index in [0.717, 1.165) is 24.5 Å². The van der Waals surface area contributed by atoms with E-state index in [1.165, 1.54) is 30.6 Å². The average Bonchev–Trinajstić information content (AvgIpc) is 2.89. The lowest BCUT2D eigenvalue weighted by molar-refractivity contribution is 0.0753. The Morgan fingerprint density at radius 3 is 2.79 bits per heavy atom. The number of aromatic nitrogens is 1. The van der Waals surface area contributed by atoms with Gasteiger partial charge in [-0.05, 0) is 39.0 Å². The van der Waals surface area contributed by atoms with Gasteiger partial charge in [0.1, 0.15) is 10.7 Å². The van der Waals surface area contributed by atoms with Gasteiger partial charge in [-0.2, -0.15) is 0 Å². The van der Waals surface area contributed by atoms with Gasteiger partial charge in [0, 0.05) is 18.6 Å². The molecule has 1 unspecified atom stereocenters. The van der Waals surface area contributed by atoms with E-state index < -0.39 is 0 Å². The minimum atomic E-state index is 0.0432. The van der Waals surface area contributed by atoms with Crippen molar-refractivity contribution < 1.29 is 4.79 Å². The van der Waals surface area contributed by atoms with Crippen LogP contribution in [0.1, 0.15) is 48.7 Å². The molecule has 3 N–H and O–H groups in total. The smallest absolute Gasteiger partial charge is 0.268 e. The Balaban J connectivity index is 1.74. The lowest BCUT2D eigenvalue weighted by Crippen LogP contribution is -2.33. The first-order chi connectivity index (χ1) is 9.15. The quantitative estimate of drug-likeness (QED) is 0.891. The number of carbonyl (C=O) groups is 1. The Morgan fingerprint density at radius 1 is 1.42 bits per heavy atom. The lowest BCUT2D eigenvalue weighted by atomic mass is 9.93. The largest absolute Gasteiger partial charge is 0.382 e. The van der Waals surface area contributed by atoms with Gasteiger partial charge in [-0.25, -0.2) is 4.98 Å². The van der Waals surface area contributed by atoms with Crippen LogP contribution in [0.3, 0.4) is 0 Å². The zero-order valence-electron chi connectivity index (χ0n) is 11.2. The number of nitrogens with one attached hydrogen (secondary N) is 1. The Bertz CT molecular complexity index is 483. The number of nitrogen functional groups attached to an aromatic ring is 1. The summed E-state index contributed by atoms with van der Waals surface area (Å²) in [4.78, 5) is 19.2. The molecule has 5 nitrogen and oxygen atoms in total. The fourth-order valence-electron chi connectivity index (χ4n) is 2.64. The highest BCUT2D eigenvalue weighted by Crippen LogP contribution is 2.31. The van der Waals surface area contributed by atoms with Crippen molar-refractivity contribution in [3.63, 3.8) is 0 Å². The Kier molecular flexibility index (Phi) is 3.35. The van der Waals surface area contributed by atoms with Gasteiger partial charge in [-0.3, -0.25) is 4.79 Å². The highest BCUT2D eigenvalue weighted by atomic mass is 32.1. The maximum absolute atomic E-state index is 12.4. The zero-order valence-corrected chi connectivity index (χ0v) is 12.0. The van der Waals surface area contributed by atoms with E-state index in [4.69, 9.17) is 5.73 Å². The molecule has 2 aliphatic rings. The molecule has 1 amide bonds. The number of hydrogen-bond donors (Lipinski definition) is 2. The second kappa shape index (κ2) is 5.00. The number of carbonyl (C=O) groups excluding carboxylic acids is 1. The summed E-state index contributed by atoms with van der Waals surface area (Å²) >= 11 is 1.40. The number of hydrogen-bond acceptors (Lipinski definition) is 5. The van der Waals surface area contributed by atoms with Gasteiger partial charge in [0.2, 0.25) is 0 Å². The van der Waals surface area contributed by atoms with Crippen LogP contribution in [-0.2, 0) is 0 Å². The third kappa shape index (κ3) is 2.41. The number of amides is 1. The molecule has 104 valence electrons. The molecule has 1 aromatic rings. The van der Waals surface area contributed by atoms with Crippen molar-refractivity contribution in [2.75, 3.05) is 17.6 Å². The fourth-order valence-corrected chi connectivity index (χ4v) is 3.56. The van der Waals surface area contributed by atoms with Crippen LogP contribution in [0.5, 0.6) is 0 Å². The predicted molar refractivity (Wildman–Crippen MR) is 77.5 cm³/mol. The topological polar surface area (TPSA) is 71.2 Å². The third-order valence-corrected chi connectivity index (χ3v) is 5.08. The van der Waals surface area contributed by atoms with E-state index in [0.29, 0.717) is 22.8 Å². The molecule has 1 saturated heterocycles. The summed E-state index contributed by atoms with van der Waals surface area (Å²) in [5.41, 5.74) is 5.90. The maximum Gasteiger partial charge on any atom is 0.268 e. The van der Waals surface area contributed by atoms with E-state index >= 15 is 0 Å². The van der Waals surface area contributed by atoms with Gasteiger partial charge >= 0.3 is 0 Å². The maximum atomic E-state index is 12.4. The van der Waals surface area contributed by atoms with Gasteiger partial charge in [-0.15, -0.1) is 0 Å². The molecule has 2 fully saturated rings.